The van der Waals surface area contributed by atoms with Crippen LogP contribution in [0.15, 0.2) is 30.3 Å². The van der Waals surface area contributed by atoms with Gasteiger partial charge in [-0.05, 0) is 39.0 Å². The highest BCUT2D eigenvalue weighted by Gasteiger charge is 2.19. The molecule has 0 bridgehead atoms. The van der Waals surface area contributed by atoms with Crippen molar-refractivity contribution in [2.24, 2.45) is 0 Å². The average Bonchev–Trinajstić information content (AvgIpc) is 3.11. The van der Waals surface area contributed by atoms with E-state index in [1.54, 1.807) is 18.2 Å². The number of hydrogen-bond donors (Lipinski definition) is 1. The summed E-state index contributed by atoms with van der Waals surface area (Å²) in [5, 5.41) is 14.0. The Kier molecular flexibility index (Phi) is 6.68. The van der Waals surface area contributed by atoms with Crippen molar-refractivity contribution in [1.29, 1.82) is 0 Å². The number of rotatable bonds is 9. The standard InChI is InChI=1S/C20H21N3O6S/c1-4-27-15-9-12(10-16(28-5-2)18(15)29-6-3)19(24)22-20-21-14-11-13(23(25)26)7-8-17(14)30-20/h7-11H,4-6H2,1-3H3,(H,21,22,24). The van der Waals surface area contributed by atoms with Crippen LogP contribution in [0.5, 0.6) is 17.2 Å². The fraction of sp³-hybridized carbons (Fsp3) is 0.300. The number of nitrogens with zero attached hydrogens (tertiary/aromatic N) is 2. The second kappa shape index (κ2) is 9.40. The molecular formula is C20H21N3O6S. The van der Waals surface area contributed by atoms with Crippen LogP contribution < -0.4 is 19.5 Å². The molecule has 0 unspecified atom stereocenters. The lowest BCUT2D eigenvalue weighted by molar-refractivity contribution is -0.384. The molecular weight excluding hydrogens is 410 g/mol. The van der Waals surface area contributed by atoms with Crippen molar-refractivity contribution >= 4 is 38.3 Å². The first-order chi connectivity index (χ1) is 14.5. The van der Waals surface area contributed by atoms with Gasteiger partial charge in [0.1, 0.15) is 0 Å². The Bertz CT molecular complexity index is 1050. The molecule has 0 fully saturated rings. The minimum atomic E-state index is -0.485. The van der Waals surface area contributed by atoms with E-state index in [1.165, 1.54) is 23.5 Å². The molecule has 158 valence electrons. The van der Waals surface area contributed by atoms with E-state index in [0.717, 1.165) is 4.70 Å². The van der Waals surface area contributed by atoms with Gasteiger partial charge in [-0.15, -0.1) is 0 Å². The molecule has 0 aliphatic rings. The number of aromatic nitrogens is 1. The minimum absolute atomic E-state index is 0.0556. The summed E-state index contributed by atoms with van der Waals surface area (Å²) in [7, 11) is 0. The number of nitrogens with one attached hydrogen (secondary N) is 1. The normalized spacial score (nSPS) is 10.6. The maximum absolute atomic E-state index is 12.8. The van der Waals surface area contributed by atoms with Gasteiger partial charge in [0.05, 0.1) is 35.0 Å². The highest BCUT2D eigenvalue weighted by Crippen LogP contribution is 2.39. The molecule has 0 saturated heterocycles. The van der Waals surface area contributed by atoms with Gasteiger partial charge in [-0.1, -0.05) is 11.3 Å². The van der Waals surface area contributed by atoms with E-state index >= 15 is 0 Å². The Labute approximate surface area is 176 Å². The van der Waals surface area contributed by atoms with Crippen LogP contribution in [0, 0.1) is 10.1 Å². The van der Waals surface area contributed by atoms with Gasteiger partial charge in [0.25, 0.3) is 11.6 Å². The number of benzene rings is 2. The number of anilines is 1. The molecule has 0 radical (unpaired) electrons. The van der Waals surface area contributed by atoms with Crippen molar-refractivity contribution < 1.29 is 23.9 Å². The molecule has 10 heteroatoms. The second-order valence-corrected chi connectivity index (χ2v) is 7.01. The van der Waals surface area contributed by atoms with Crippen molar-refractivity contribution in [3.05, 3.63) is 46.0 Å². The second-order valence-electron chi connectivity index (χ2n) is 5.98. The van der Waals surface area contributed by atoms with Crippen molar-refractivity contribution in [2.45, 2.75) is 20.8 Å². The van der Waals surface area contributed by atoms with Gasteiger partial charge in [0.15, 0.2) is 16.6 Å². The number of amides is 1. The molecule has 9 nitrogen and oxygen atoms in total. The fourth-order valence-electron chi connectivity index (χ4n) is 2.77. The van der Waals surface area contributed by atoms with Crippen molar-refractivity contribution in [3.63, 3.8) is 0 Å². The van der Waals surface area contributed by atoms with E-state index in [1.807, 2.05) is 20.8 Å². The number of ether oxygens (including phenoxy) is 3. The van der Waals surface area contributed by atoms with Crippen LogP contribution in [0.1, 0.15) is 31.1 Å². The summed E-state index contributed by atoms with van der Waals surface area (Å²) in [6.07, 6.45) is 0. The number of fused-ring (bicyclic) bond motifs is 1. The molecule has 1 amide bonds. The van der Waals surface area contributed by atoms with Crippen LogP contribution in [0.4, 0.5) is 10.8 Å². The molecule has 1 N–H and O–H groups in total. The van der Waals surface area contributed by atoms with Crippen LogP contribution in [0.2, 0.25) is 0 Å². The third kappa shape index (κ3) is 4.60. The molecule has 0 spiro atoms. The number of carbonyl (C=O) groups excluding carboxylic acids is 1. The lowest BCUT2D eigenvalue weighted by Crippen LogP contribution is -2.13. The quantitative estimate of drug-likeness (QED) is 0.387. The summed E-state index contributed by atoms with van der Waals surface area (Å²) in [4.78, 5) is 27.6. The van der Waals surface area contributed by atoms with Crippen LogP contribution in [-0.4, -0.2) is 35.6 Å². The molecule has 3 rings (SSSR count). The zero-order chi connectivity index (χ0) is 21.7. The Balaban J connectivity index is 1.92. The van der Waals surface area contributed by atoms with Crippen molar-refractivity contribution in [2.75, 3.05) is 25.1 Å². The fourth-order valence-corrected chi connectivity index (χ4v) is 3.61. The Morgan fingerprint density at radius 1 is 1.07 bits per heavy atom. The summed E-state index contributed by atoms with van der Waals surface area (Å²) in [6, 6.07) is 7.56. The molecule has 0 atom stereocenters. The smallest absolute Gasteiger partial charge is 0.271 e. The van der Waals surface area contributed by atoms with Gasteiger partial charge in [-0.2, -0.15) is 0 Å². The molecule has 3 aromatic rings. The highest BCUT2D eigenvalue weighted by molar-refractivity contribution is 7.22. The molecule has 30 heavy (non-hydrogen) atoms. The van der Waals surface area contributed by atoms with Crippen LogP contribution in [0.3, 0.4) is 0 Å². The topological polar surface area (TPSA) is 113 Å². The van der Waals surface area contributed by atoms with Crippen molar-refractivity contribution in [1.82, 2.24) is 4.98 Å². The first-order valence-electron chi connectivity index (χ1n) is 9.39. The molecule has 1 aromatic heterocycles. The van der Waals surface area contributed by atoms with Crippen molar-refractivity contribution in [3.8, 4) is 17.2 Å². The van der Waals surface area contributed by atoms with Gasteiger partial charge in [0, 0.05) is 17.7 Å². The minimum Gasteiger partial charge on any atom is -0.490 e. The monoisotopic (exact) mass is 431 g/mol. The lowest BCUT2D eigenvalue weighted by atomic mass is 10.1. The summed E-state index contributed by atoms with van der Waals surface area (Å²) in [5.74, 6) is 0.865. The summed E-state index contributed by atoms with van der Waals surface area (Å²) in [6.45, 7) is 6.74. The first-order valence-corrected chi connectivity index (χ1v) is 10.2. The van der Waals surface area contributed by atoms with E-state index in [9.17, 15) is 14.9 Å². The number of thiazole rings is 1. The Morgan fingerprint density at radius 3 is 2.27 bits per heavy atom. The van der Waals surface area contributed by atoms with Crippen LogP contribution >= 0.6 is 11.3 Å². The van der Waals surface area contributed by atoms with Crippen LogP contribution in [0.25, 0.3) is 10.2 Å². The van der Waals surface area contributed by atoms with Gasteiger partial charge in [-0.3, -0.25) is 20.2 Å². The molecule has 0 aliphatic carbocycles. The van der Waals surface area contributed by atoms with Gasteiger partial charge in [-0.25, -0.2) is 4.98 Å². The molecule has 0 aliphatic heterocycles. The number of carbonyl (C=O) groups is 1. The van der Waals surface area contributed by atoms with Gasteiger partial charge < -0.3 is 14.2 Å². The molecule has 1 heterocycles. The molecule has 2 aromatic carbocycles. The largest absolute Gasteiger partial charge is 0.490 e. The van der Waals surface area contributed by atoms with E-state index in [4.69, 9.17) is 14.2 Å². The molecule has 0 saturated carbocycles. The predicted molar refractivity (Wildman–Crippen MR) is 114 cm³/mol. The summed E-state index contributed by atoms with van der Waals surface area (Å²) < 4.78 is 17.7. The highest BCUT2D eigenvalue weighted by atomic mass is 32.1. The third-order valence-electron chi connectivity index (χ3n) is 3.97. The van der Waals surface area contributed by atoms with E-state index < -0.39 is 10.8 Å². The maximum Gasteiger partial charge on any atom is 0.271 e. The number of nitro benzene ring substituents is 1. The predicted octanol–water partition coefficient (Wildman–Crippen LogP) is 4.65. The number of hydrogen-bond acceptors (Lipinski definition) is 8. The lowest BCUT2D eigenvalue weighted by Gasteiger charge is -2.16. The van der Waals surface area contributed by atoms with Gasteiger partial charge >= 0.3 is 0 Å². The number of nitro groups is 1. The van der Waals surface area contributed by atoms with Gasteiger partial charge in [0.2, 0.25) is 5.75 Å². The van der Waals surface area contributed by atoms with E-state index in [2.05, 4.69) is 10.3 Å². The zero-order valence-electron chi connectivity index (χ0n) is 16.8. The first kappa shape index (κ1) is 21.3. The summed E-state index contributed by atoms with van der Waals surface area (Å²) >= 11 is 1.23. The van der Waals surface area contributed by atoms with E-state index in [0.29, 0.717) is 53.3 Å². The Hall–Kier alpha value is -3.40. The van der Waals surface area contributed by atoms with E-state index in [-0.39, 0.29) is 5.69 Å². The maximum atomic E-state index is 12.8. The van der Waals surface area contributed by atoms with Crippen LogP contribution in [-0.2, 0) is 0 Å². The SMILES string of the molecule is CCOc1cc(C(=O)Nc2nc3cc([N+](=O)[O-])ccc3s2)cc(OCC)c1OCC. The zero-order valence-corrected chi connectivity index (χ0v) is 17.6. The summed E-state index contributed by atoms with van der Waals surface area (Å²) in [5.41, 5.74) is 0.705. The average molecular weight is 431 g/mol. The third-order valence-corrected chi connectivity index (χ3v) is 4.93. The Morgan fingerprint density at radius 2 is 1.70 bits per heavy atom. The number of non-ortho nitro benzene ring substituents is 1.